The largest absolute Gasteiger partial charge is 0.310 e. The summed E-state index contributed by atoms with van der Waals surface area (Å²) in [5.74, 6) is 0. The quantitative estimate of drug-likeness (QED) is 0.682. The smallest absolute Gasteiger partial charge is 0.251 e. The molecule has 2 heteroatoms. The summed E-state index contributed by atoms with van der Waals surface area (Å²) in [7, 11) is 0. The Morgan fingerprint density at radius 3 is 2.54 bits per heavy atom. The van der Waals surface area contributed by atoms with Gasteiger partial charge in [0.05, 0.1) is 0 Å². The van der Waals surface area contributed by atoms with Gasteiger partial charge in [0, 0.05) is 17.8 Å². The molecule has 72 valence electrons. The summed E-state index contributed by atoms with van der Waals surface area (Å²) >= 11 is 0. The summed E-state index contributed by atoms with van der Waals surface area (Å²) in [5, 5.41) is 0. The minimum atomic E-state index is -0.0786. The summed E-state index contributed by atoms with van der Waals surface area (Å²) in [6.07, 6.45) is 2.83. The van der Waals surface area contributed by atoms with Crippen LogP contribution in [0.4, 0.5) is 0 Å². The molecule has 0 amide bonds. The lowest BCUT2D eigenvalue weighted by Crippen LogP contribution is -2.34. The zero-order chi connectivity index (χ0) is 10.1. The molecule has 0 aliphatic rings. The van der Waals surface area contributed by atoms with Crippen molar-refractivity contribution in [1.29, 1.82) is 0 Å². The zero-order valence-corrected chi connectivity index (χ0v) is 8.79. The molecule has 13 heavy (non-hydrogen) atoms. The molecular formula is C11H17NO. The highest BCUT2D eigenvalue weighted by Gasteiger charge is 2.17. The van der Waals surface area contributed by atoms with Crippen LogP contribution in [-0.2, 0) is 5.54 Å². The molecular weight excluding hydrogens is 162 g/mol. The van der Waals surface area contributed by atoms with E-state index in [1.54, 1.807) is 10.6 Å². The van der Waals surface area contributed by atoms with Crippen LogP contribution >= 0.6 is 0 Å². The van der Waals surface area contributed by atoms with Gasteiger partial charge in [-0.05, 0) is 38.8 Å². The second-order valence-electron chi connectivity index (χ2n) is 4.08. The molecule has 2 nitrogen and oxygen atoms in total. The van der Waals surface area contributed by atoms with Crippen LogP contribution in [0.5, 0.6) is 0 Å². The Bertz CT molecular complexity index is 349. The molecule has 1 aromatic rings. The Labute approximate surface area is 79.2 Å². The van der Waals surface area contributed by atoms with Crippen LogP contribution in [0.25, 0.3) is 0 Å². The van der Waals surface area contributed by atoms with E-state index in [4.69, 9.17) is 0 Å². The van der Waals surface area contributed by atoms with Crippen molar-refractivity contribution in [3.63, 3.8) is 0 Å². The normalized spacial score (nSPS) is 11.7. The van der Waals surface area contributed by atoms with Crippen LogP contribution in [0.15, 0.2) is 23.1 Å². The summed E-state index contributed by atoms with van der Waals surface area (Å²) in [5.41, 5.74) is 1.03. The van der Waals surface area contributed by atoms with Gasteiger partial charge >= 0.3 is 0 Å². The number of nitrogens with zero attached hydrogens (tertiary/aromatic N) is 1. The summed E-state index contributed by atoms with van der Waals surface area (Å²) in [6.45, 7) is 8.17. The predicted molar refractivity (Wildman–Crippen MR) is 55.1 cm³/mol. The van der Waals surface area contributed by atoms with E-state index in [1.165, 1.54) is 0 Å². The van der Waals surface area contributed by atoms with Crippen LogP contribution in [-0.4, -0.2) is 4.57 Å². The van der Waals surface area contributed by atoms with Gasteiger partial charge in [0.25, 0.3) is 5.56 Å². The predicted octanol–water partition coefficient (Wildman–Crippen LogP) is 2.30. The lowest BCUT2D eigenvalue weighted by Gasteiger charge is -2.25. The minimum Gasteiger partial charge on any atom is -0.310 e. The molecule has 0 aromatic carbocycles. The molecule has 0 fully saturated rings. The Morgan fingerprint density at radius 2 is 2.08 bits per heavy atom. The van der Waals surface area contributed by atoms with E-state index < -0.39 is 0 Å². The second-order valence-corrected chi connectivity index (χ2v) is 4.08. The molecule has 0 atom stereocenters. The van der Waals surface area contributed by atoms with E-state index in [-0.39, 0.29) is 11.1 Å². The highest BCUT2D eigenvalue weighted by molar-refractivity contribution is 5.09. The maximum absolute atomic E-state index is 11.6. The maximum Gasteiger partial charge on any atom is 0.251 e. The van der Waals surface area contributed by atoms with Crippen molar-refractivity contribution in [3.05, 3.63) is 34.2 Å². The summed E-state index contributed by atoms with van der Waals surface area (Å²) in [4.78, 5) is 11.6. The number of aromatic nitrogens is 1. The third kappa shape index (κ3) is 2.00. The fraction of sp³-hybridized carbons (Fsp3) is 0.545. The molecule has 0 bridgehead atoms. The monoisotopic (exact) mass is 179 g/mol. The third-order valence-corrected chi connectivity index (χ3v) is 2.59. The molecule has 1 rings (SSSR count). The standard InChI is InChI=1S/C11H17NO/c1-5-11(3,4)12-7-6-9(2)8-10(12)13/h6-8H,5H2,1-4H3. The highest BCUT2D eigenvalue weighted by atomic mass is 16.1. The van der Waals surface area contributed by atoms with Crippen molar-refractivity contribution in [2.45, 2.75) is 39.7 Å². The van der Waals surface area contributed by atoms with Crippen LogP contribution in [0.2, 0.25) is 0 Å². The molecule has 1 heterocycles. The Kier molecular flexibility index (Phi) is 2.60. The van der Waals surface area contributed by atoms with Gasteiger partial charge in [0.2, 0.25) is 0 Å². The number of pyridine rings is 1. The van der Waals surface area contributed by atoms with Crippen LogP contribution in [0.3, 0.4) is 0 Å². The van der Waals surface area contributed by atoms with Gasteiger partial charge in [-0.2, -0.15) is 0 Å². The van der Waals surface area contributed by atoms with Crippen molar-refractivity contribution < 1.29 is 0 Å². The fourth-order valence-corrected chi connectivity index (χ4v) is 1.25. The lowest BCUT2D eigenvalue weighted by molar-refractivity contribution is 0.331. The molecule has 0 unspecified atom stereocenters. The van der Waals surface area contributed by atoms with Gasteiger partial charge in [-0.3, -0.25) is 4.79 Å². The molecule has 0 aliphatic heterocycles. The Morgan fingerprint density at radius 1 is 1.46 bits per heavy atom. The minimum absolute atomic E-state index is 0.0786. The average Bonchev–Trinajstić information content (AvgIpc) is 2.03. The van der Waals surface area contributed by atoms with Crippen molar-refractivity contribution in [2.24, 2.45) is 0 Å². The Balaban J connectivity index is 3.24. The third-order valence-electron chi connectivity index (χ3n) is 2.59. The number of hydrogen-bond acceptors (Lipinski definition) is 1. The molecule has 0 radical (unpaired) electrons. The van der Waals surface area contributed by atoms with E-state index in [9.17, 15) is 4.79 Å². The van der Waals surface area contributed by atoms with Crippen molar-refractivity contribution in [3.8, 4) is 0 Å². The van der Waals surface area contributed by atoms with Crippen LogP contribution in [0.1, 0.15) is 32.8 Å². The molecule has 1 aromatic heterocycles. The van der Waals surface area contributed by atoms with E-state index in [0.717, 1.165) is 12.0 Å². The van der Waals surface area contributed by atoms with Crippen molar-refractivity contribution in [2.75, 3.05) is 0 Å². The van der Waals surface area contributed by atoms with Crippen LogP contribution in [0, 0.1) is 6.92 Å². The van der Waals surface area contributed by atoms with E-state index in [2.05, 4.69) is 20.8 Å². The molecule has 0 aliphatic carbocycles. The van der Waals surface area contributed by atoms with Crippen LogP contribution < -0.4 is 5.56 Å². The zero-order valence-electron chi connectivity index (χ0n) is 8.79. The first-order valence-electron chi connectivity index (χ1n) is 4.67. The van der Waals surface area contributed by atoms with Gasteiger partial charge in [-0.15, -0.1) is 0 Å². The molecule has 0 saturated heterocycles. The summed E-state index contributed by atoms with van der Waals surface area (Å²) in [6, 6.07) is 3.65. The van der Waals surface area contributed by atoms with E-state index >= 15 is 0 Å². The van der Waals surface area contributed by atoms with Gasteiger partial charge < -0.3 is 4.57 Å². The number of aryl methyl sites for hydroxylation is 1. The van der Waals surface area contributed by atoms with Crippen molar-refractivity contribution >= 4 is 0 Å². The second kappa shape index (κ2) is 3.36. The Hall–Kier alpha value is -1.05. The first kappa shape index (κ1) is 10.0. The topological polar surface area (TPSA) is 22.0 Å². The van der Waals surface area contributed by atoms with E-state index in [0.29, 0.717) is 0 Å². The first-order valence-corrected chi connectivity index (χ1v) is 4.67. The van der Waals surface area contributed by atoms with Gasteiger partial charge in [-0.1, -0.05) is 6.92 Å². The highest BCUT2D eigenvalue weighted by Crippen LogP contribution is 2.16. The van der Waals surface area contributed by atoms with Crippen molar-refractivity contribution in [1.82, 2.24) is 4.57 Å². The van der Waals surface area contributed by atoms with Gasteiger partial charge in [0.15, 0.2) is 0 Å². The average molecular weight is 179 g/mol. The van der Waals surface area contributed by atoms with Gasteiger partial charge in [0.1, 0.15) is 0 Å². The van der Waals surface area contributed by atoms with E-state index in [1.807, 2.05) is 19.2 Å². The number of hydrogen-bond donors (Lipinski definition) is 0. The molecule has 0 saturated carbocycles. The molecule has 0 spiro atoms. The van der Waals surface area contributed by atoms with Gasteiger partial charge in [-0.25, -0.2) is 0 Å². The number of rotatable bonds is 2. The fourth-order valence-electron chi connectivity index (χ4n) is 1.25. The maximum atomic E-state index is 11.6. The molecule has 0 N–H and O–H groups in total. The first-order chi connectivity index (χ1) is 5.97. The SMILES string of the molecule is CCC(C)(C)n1ccc(C)cc1=O. The lowest BCUT2D eigenvalue weighted by atomic mass is 10.0. The summed E-state index contributed by atoms with van der Waals surface area (Å²) < 4.78 is 1.79.